The first kappa shape index (κ1) is 16.2. The normalized spacial score (nSPS) is 15.2. The maximum atomic E-state index is 12.6. The average Bonchev–Trinajstić information content (AvgIpc) is 3.00. The van der Waals surface area contributed by atoms with E-state index in [1.54, 1.807) is 22.7 Å². The van der Waals surface area contributed by atoms with E-state index in [4.69, 9.17) is 0 Å². The van der Waals surface area contributed by atoms with E-state index in [1.165, 1.54) is 6.42 Å². The van der Waals surface area contributed by atoms with Crippen LogP contribution in [0.25, 0.3) is 5.52 Å². The third-order valence-corrected chi connectivity index (χ3v) is 4.31. The van der Waals surface area contributed by atoms with E-state index >= 15 is 0 Å². The fourth-order valence-corrected chi connectivity index (χ4v) is 3.11. The molecule has 6 heteroatoms. The van der Waals surface area contributed by atoms with Gasteiger partial charge in [-0.05, 0) is 25.0 Å². The van der Waals surface area contributed by atoms with E-state index in [0.29, 0.717) is 12.1 Å². The molecule has 24 heavy (non-hydrogen) atoms. The molecule has 0 aliphatic heterocycles. The molecule has 3 rings (SSSR count). The number of carbonyl (C=O) groups excluding carboxylic acids is 2. The Morgan fingerprint density at radius 3 is 2.79 bits per heavy atom. The van der Waals surface area contributed by atoms with E-state index in [2.05, 4.69) is 22.2 Å². The van der Waals surface area contributed by atoms with Crippen molar-refractivity contribution < 1.29 is 9.59 Å². The van der Waals surface area contributed by atoms with Gasteiger partial charge in [0.1, 0.15) is 0 Å². The summed E-state index contributed by atoms with van der Waals surface area (Å²) in [7, 11) is 0. The molecule has 1 aliphatic rings. The zero-order chi connectivity index (χ0) is 16.9. The summed E-state index contributed by atoms with van der Waals surface area (Å²) in [4.78, 5) is 29.2. The summed E-state index contributed by atoms with van der Waals surface area (Å²) in [6.45, 7) is 3.94. The molecule has 1 aliphatic carbocycles. The van der Waals surface area contributed by atoms with Gasteiger partial charge in [0.05, 0.1) is 5.52 Å². The maximum absolute atomic E-state index is 12.6. The van der Waals surface area contributed by atoms with Crippen LogP contribution in [0.5, 0.6) is 0 Å². The number of aromatic nitrogens is 2. The highest BCUT2D eigenvalue weighted by Crippen LogP contribution is 2.18. The quantitative estimate of drug-likeness (QED) is 0.828. The van der Waals surface area contributed by atoms with Crippen molar-refractivity contribution in [2.24, 2.45) is 0 Å². The molecule has 0 unspecified atom stereocenters. The molecule has 2 N–H and O–H groups in total. The fourth-order valence-electron chi connectivity index (χ4n) is 3.11. The number of hydrogen-bond acceptors (Lipinski definition) is 3. The Bertz CT molecular complexity index is 759. The van der Waals surface area contributed by atoms with Crippen LogP contribution in [0.3, 0.4) is 0 Å². The van der Waals surface area contributed by atoms with Gasteiger partial charge in [-0.2, -0.15) is 0 Å². The monoisotopic (exact) mass is 326 g/mol. The van der Waals surface area contributed by atoms with Crippen molar-refractivity contribution in [2.75, 3.05) is 6.54 Å². The lowest BCUT2D eigenvalue weighted by molar-refractivity contribution is 0.0916. The van der Waals surface area contributed by atoms with Gasteiger partial charge in [0, 0.05) is 18.8 Å². The number of rotatable bonds is 5. The molecule has 6 nitrogen and oxygen atoms in total. The summed E-state index contributed by atoms with van der Waals surface area (Å²) >= 11 is 0. The molecular formula is C18H22N4O2. The maximum Gasteiger partial charge on any atom is 0.287 e. The number of amides is 2. The summed E-state index contributed by atoms with van der Waals surface area (Å²) < 4.78 is 1.67. The van der Waals surface area contributed by atoms with Gasteiger partial charge < -0.3 is 10.6 Å². The van der Waals surface area contributed by atoms with Crippen LogP contribution < -0.4 is 10.6 Å². The summed E-state index contributed by atoms with van der Waals surface area (Å²) in [6, 6.07) is 5.62. The first-order chi connectivity index (χ1) is 11.7. The fraction of sp³-hybridized carbons (Fsp3) is 0.389. The minimum atomic E-state index is -0.310. The molecule has 0 radical (unpaired) electrons. The van der Waals surface area contributed by atoms with Gasteiger partial charge in [0.25, 0.3) is 11.8 Å². The van der Waals surface area contributed by atoms with Crippen LogP contribution >= 0.6 is 0 Å². The van der Waals surface area contributed by atoms with Crippen LogP contribution in [0.1, 0.15) is 53.2 Å². The van der Waals surface area contributed by atoms with E-state index in [9.17, 15) is 9.59 Å². The lowest BCUT2D eigenvalue weighted by Gasteiger charge is -2.22. The molecule has 1 saturated carbocycles. The van der Waals surface area contributed by atoms with Gasteiger partial charge in [-0.1, -0.05) is 31.4 Å². The minimum Gasteiger partial charge on any atom is -0.347 e. The van der Waals surface area contributed by atoms with Crippen molar-refractivity contribution >= 4 is 17.3 Å². The van der Waals surface area contributed by atoms with Gasteiger partial charge in [0.2, 0.25) is 5.82 Å². The minimum absolute atomic E-state index is 0.195. The molecule has 2 amide bonds. The Kier molecular flexibility index (Phi) is 4.93. The molecule has 0 saturated heterocycles. The molecule has 0 bridgehead atoms. The molecule has 0 aromatic carbocycles. The second-order valence-electron chi connectivity index (χ2n) is 6.05. The van der Waals surface area contributed by atoms with Crippen molar-refractivity contribution in [1.82, 2.24) is 20.0 Å². The van der Waals surface area contributed by atoms with Crippen LogP contribution in [0, 0.1) is 0 Å². The summed E-state index contributed by atoms with van der Waals surface area (Å²) in [5.41, 5.74) is 0.874. The van der Waals surface area contributed by atoms with Gasteiger partial charge in [-0.3, -0.25) is 14.0 Å². The number of pyridine rings is 1. The smallest absolute Gasteiger partial charge is 0.287 e. The lowest BCUT2D eigenvalue weighted by Crippen LogP contribution is -2.37. The van der Waals surface area contributed by atoms with Gasteiger partial charge >= 0.3 is 0 Å². The van der Waals surface area contributed by atoms with Crippen LogP contribution in [0.4, 0.5) is 0 Å². The Balaban J connectivity index is 1.88. The van der Waals surface area contributed by atoms with Crippen LogP contribution in [-0.2, 0) is 0 Å². The van der Waals surface area contributed by atoms with Gasteiger partial charge in [0.15, 0.2) is 5.69 Å². The summed E-state index contributed by atoms with van der Waals surface area (Å²) in [5, 5.41) is 5.76. The predicted molar refractivity (Wildman–Crippen MR) is 92.1 cm³/mol. The van der Waals surface area contributed by atoms with E-state index in [1.807, 2.05) is 12.1 Å². The number of hydrogen-bond donors (Lipinski definition) is 2. The third kappa shape index (κ3) is 3.32. The molecule has 2 heterocycles. The van der Waals surface area contributed by atoms with E-state index in [-0.39, 0.29) is 29.4 Å². The van der Waals surface area contributed by atoms with Gasteiger partial charge in [-0.15, -0.1) is 6.58 Å². The zero-order valence-corrected chi connectivity index (χ0v) is 13.6. The Morgan fingerprint density at radius 1 is 1.25 bits per heavy atom. The first-order valence-electron chi connectivity index (χ1n) is 8.37. The number of carbonyl (C=O) groups is 2. The van der Waals surface area contributed by atoms with E-state index in [0.717, 1.165) is 25.7 Å². The van der Waals surface area contributed by atoms with Crippen molar-refractivity contribution in [2.45, 2.75) is 38.1 Å². The SMILES string of the molecule is C=CCNC(=O)c1nc(C(=O)NC2CCCCC2)n2ccccc12. The van der Waals surface area contributed by atoms with Crippen molar-refractivity contribution in [3.8, 4) is 0 Å². The highest BCUT2D eigenvalue weighted by atomic mass is 16.2. The molecule has 1 fully saturated rings. The van der Waals surface area contributed by atoms with Crippen LogP contribution in [0.2, 0.25) is 0 Å². The highest BCUT2D eigenvalue weighted by Gasteiger charge is 2.23. The molecule has 0 spiro atoms. The zero-order valence-electron chi connectivity index (χ0n) is 13.6. The van der Waals surface area contributed by atoms with Crippen molar-refractivity contribution in [3.05, 3.63) is 48.6 Å². The Hall–Kier alpha value is -2.63. The third-order valence-electron chi connectivity index (χ3n) is 4.31. The predicted octanol–water partition coefficient (Wildman–Crippen LogP) is 2.31. The highest BCUT2D eigenvalue weighted by molar-refractivity contribution is 6.02. The van der Waals surface area contributed by atoms with Crippen molar-refractivity contribution in [1.29, 1.82) is 0 Å². The molecular weight excluding hydrogens is 304 g/mol. The lowest BCUT2D eigenvalue weighted by atomic mass is 9.95. The number of nitrogens with zero attached hydrogens (tertiary/aromatic N) is 2. The van der Waals surface area contributed by atoms with Gasteiger partial charge in [-0.25, -0.2) is 4.98 Å². The number of imidazole rings is 1. The molecule has 2 aromatic rings. The summed E-state index contributed by atoms with van der Waals surface area (Å²) in [5.74, 6) is -0.291. The number of fused-ring (bicyclic) bond motifs is 1. The molecule has 0 atom stereocenters. The first-order valence-corrected chi connectivity index (χ1v) is 8.37. The average molecular weight is 326 g/mol. The Labute approximate surface area is 141 Å². The topological polar surface area (TPSA) is 75.5 Å². The Morgan fingerprint density at radius 2 is 2.04 bits per heavy atom. The summed E-state index contributed by atoms with van der Waals surface area (Å²) in [6.07, 6.45) is 8.87. The molecule has 2 aromatic heterocycles. The standard InChI is InChI=1S/C18H22N4O2/c1-2-11-19-17(23)15-14-10-6-7-12-22(14)16(21-15)18(24)20-13-8-4-3-5-9-13/h2,6-7,10,12-13H,1,3-5,8-9,11H2,(H,19,23)(H,20,24). The van der Waals surface area contributed by atoms with Crippen LogP contribution in [0.15, 0.2) is 37.1 Å². The van der Waals surface area contributed by atoms with Crippen LogP contribution in [-0.4, -0.2) is 33.8 Å². The van der Waals surface area contributed by atoms with Crippen molar-refractivity contribution in [3.63, 3.8) is 0 Å². The largest absolute Gasteiger partial charge is 0.347 e. The van der Waals surface area contributed by atoms with E-state index < -0.39 is 0 Å². The second-order valence-corrected chi connectivity index (χ2v) is 6.05. The molecule has 126 valence electrons. The second kappa shape index (κ2) is 7.29. The number of nitrogens with one attached hydrogen (secondary N) is 2.